The zero-order chi connectivity index (χ0) is 5.54. The molecule has 0 amide bonds. The Labute approximate surface area is 61.2 Å². The standard InChI is InChI=1S/C5H6.C2H6.CH4.B/c1-2-4-5-3-1;1-2;;/h1-4H,5H2;1-2H3;1H4;. The average molecular weight is 123 g/mol. The maximum Gasteiger partial charge on any atom is 0 e. The highest BCUT2D eigenvalue weighted by Crippen LogP contribution is 1.93. The third-order valence-electron chi connectivity index (χ3n) is 0.655. The van der Waals surface area contributed by atoms with Gasteiger partial charge in [-0.05, 0) is 6.42 Å². The molecule has 0 saturated heterocycles. The first-order chi connectivity index (χ1) is 3.50. The first kappa shape index (κ1) is 15.8. The van der Waals surface area contributed by atoms with Crippen molar-refractivity contribution < 1.29 is 0 Å². The minimum atomic E-state index is 0. The fraction of sp³-hybridized carbons (Fsp3) is 0.500. The van der Waals surface area contributed by atoms with Gasteiger partial charge in [0.25, 0.3) is 0 Å². The molecule has 0 saturated carbocycles. The van der Waals surface area contributed by atoms with E-state index in [2.05, 4.69) is 24.3 Å². The summed E-state index contributed by atoms with van der Waals surface area (Å²) in [6.45, 7) is 4.00. The van der Waals surface area contributed by atoms with E-state index in [9.17, 15) is 0 Å². The lowest BCUT2D eigenvalue weighted by Gasteiger charge is -1.57. The highest BCUT2D eigenvalue weighted by atomic mass is 13.8. The van der Waals surface area contributed by atoms with Crippen LogP contribution in [0.3, 0.4) is 0 Å². The summed E-state index contributed by atoms with van der Waals surface area (Å²) in [7, 11) is 0. The van der Waals surface area contributed by atoms with Crippen LogP contribution in [0.25, 0.3) is 0 Å². The maximum atomic E-state index is 2.12. The van der Waals surface area contributed by atoms with Gasteiger partial charge in [-0.15, -0.1) is 0 Å². The van der Waals surface area contributed by atoms with Crippen LogP contribution < -0.4 is 0 Å². The summed E-state index contributed by atoms with van der Waals surface area (Å²) >= 11 is 0. The zero-order valence-corrected chi connectivity index (χ0v) is 5.59. The quantitative estimate of drug-likeness (QED) is 0.434. The van der Waals surface area contributed by atoms with Gasteiger partial charge in [-0.25, -0.2) is 0 Å². The van der Waals surface area contributed by atoms with E-state index in [0.29, 0.717) is 0 Å². The molecule has 1 aliphatic rings. The van der Waals surface area contributed by atoms with E-state index < -0.39 is 0 Å². The third-order valence-corrected chi connectivity index (χ3v) is 0.655. The van der Waals surface area contributed by atoms with Gasteiger partial charge in [0.1, 0.15) is 0 Å². The Morgan fingerprint density at radius 3 is 1.44 bits per heavy atom. The maximum absolute atomic E-state index is 2.12. The second-order valence-electron chi connectivity index (χ2n) is 1.09. The van der Waals surface area contributed by atoms with Crippen molar-refractivity contribution >= 4 is 8.41 Å². The molecule has 0 aliphatic heterocycles. The Morgan fingerprint density at radius 1 is 1.00 bits per heavy atom. The van der Waals surface area contributed by atoms with Crippen molar-refractivity contribution in [3.05, 3.63) is 24.3 Å². The normalized spacial score (nSPS) is 10.4. The molecule has 0 bridgehead atoms. The Bertz CT molecular complexity index is 62.6. The Hall–Kier alpha value is -0.455. The van der Waals surface area contributed by atoms with Crippen LogP contribution in [0.5, 0.6) is 0 Å². The molecule has 9 heavy (non-hydrogen) atoms. The summed E-state index contributed by atoms with van der Waals surface area (Å²) in [6, 6.07) is 0. The van der Waals surface area contributed by atoms with Gasteiger partial charge in [-0.3, -0.25) is 0 Å². The summed E-state index contributed by atoms with van der Waals surface area (Å²) in [5.41, 5.74) is 0. The van der Waals surface area contributed by atoms with Gasteiger partial charge in [0, 0.05) is 8.41 Å². The minimum absolute atomic E-state index is 0. The molecule has 3 radical (unpaired) electrons. The summed E-state index contributed by atoms with van der Waals surface area (Å²) in [6.07, 6.45) is 9.50. The monoisotopic (exact) mass is 123 g/mol. The van der Waals surface area contributed by atoms with Crippen molar-refractivity contribution in [1.29, 1.82) is 0 Å². The van der Waals surface area contributed by atoms with Gasteiger partial charge in [0.2, 0.25) is 0 Å². The fourth-order valence-corrected chi connectivity index (χ4v) is 0.393. The first-order valence-corrected chi connectivity index (χ1v) is 2.82. The molecular formula is C8H16B. The Balaban J connectivity index is -0.0000000836. The average Bonchev–Trinajstić information content (AvgIpc) is 2.23. The summed E-state index contributed by atoms with van der Waals surface area (Å²) in [5, 5.41) is 0. The molecule has 0 aromatic rings. The topological polar surface area (TPSA) is 0 Å². The SMILES string of the molecule is C.C1=CCC=C1.CC.[B]. The van der Waals surface area contributed by atoms with E-state index in [1.165, 1.54) is 0 Å². The van der Waals surface area contributed by atoms with Gasteiger partial charge in [-0.2, -0.15) is 0 Å². The molecule has 0 fully saturated rings. The van der Waals surface area contributed by atoms with Gasteiger partial charge < -0.3 is 0 Å². The van der Waals surface area contributed by atoms with Crippen LogP contribution in [0, 0.1) is 0 Å². The van der Waals surface area contributed by atoms with Crippen LogP contribution in [0.15, 0.2) is 24.3 Å². The molecule has 0 aromatic carbocycles. The van der Waals surface area contributed by atoms with E-state index in [1.54, 1.807) is 0 Å². The van der Waals surface area contributed by atoms with Crippen LogP contribution in [-0.2, 0) is 0 Å². The number of hydrogen-bond acceptors (Lipinski definition) is 0. The molecule has 0 aromatic heterocycles. The molecule has 0 unspecified atom stereocenters. The van der Waals surface area contributed by atoms with Crippen molar-refractivity contribution in [2.45, 2.75) is 27.7 Å². The second-order valence-corrected chi connectivity index (χ2v) is 1.09. The van der Waals surface area contributed by atoms with Crippen molar-refractivity contribution in [3.8, 4) is 0 Å². The molecule has 0 heterocycles. The number of allylic oxidation sites excluding steroid dienone is 4. The van der Waals surface area contributed by atoms with Crippen LogP contribution in [0.4, 0.5) is 0 Å². The Kier molecular flexibility index (Phi) is 27.5. The van der Waals surface area contributed by atoms with Crippen molar-refractivity contribution in [2.75, 3.05) is 0 Å². The van der Waals surface area contributed by atoms with Gasteiger partial charge >= 0.3 is 0 Å². The predicted molar refractivity (Wildman–Crippen MR) is 46.7 cm³/mol. The number of hydrogen-bond donors (Lipinski definition) is 0. The largest absolute Gasteiger partial charge is 0.0808 e. The smallest absolute Gasteiger partial charge is 0 e. The summed E-state index contributed by atoms with van der Waals surface area (Å²) in [4.78, 5) is 0. The lowest BCUT2D eigenvalue weighted by atomic mass is 10.5. The van der Waals surface area contributed by atoms with Crippen LogP contribution in [-0.4, -0.2) is 8.41 Å². The first-order valence-electron chi connectivity index (χ1n) is 2.82. The molecule has 0 N–H and O–H groups in total. The predicted octanol–water partition coefficient (Wildman–Crippen LogP) is 2.78. The van der Waals surface area contributed by atoms with E-state index in [-0.39, 0.29) is 15.8 Å². The highest BCUT2D eigenvalue weighted by molar-refractivity contribution is 5.75. The molecule has 0 nitrogen and oxygen atoms in total. The Morgan fingerprint density at radius 2 is 1.33 bits per heavy atom. The van der Waals surface area contributed by atoms with Crippen molar-refractivity contribution in [1.82, 2.24) is 0 Å². The zero-order valence-electron chi connectivity index (χ0n) is 5.59. The van der Waals surface area contributed by atoms with Crippen molar-refractivity contribution in [3.63, 3.8) is 0 Å². The molecule has 1 aliphatic carbocycles. The molecule has 0 atom stereocenters. The van der Waals surface area contributed by atoms with Crippen LogP contribution >= 0.6 is 0 Å². The lowest BCUT2D eigenvalue weighted by molar-refractivity contribution is 1.45. The molecule has 1 heteroatoms. The third kappa shape index (κ3) is 11.2. The summed E-state index contributed by atoms with van der Waals surface area (Å²) in [5.74, 6) is 0. The summed E-state index contributed by atoms with van der Waals surface area (Å²) < 4.78 is 0. The molecule has 1 rings (SSSR count). The van der Waals surface area contributed by atoms with Gasteiger partial charge in [0.15, 0.2) is 0 Å². The van der Waals surface area contributed by atoms with Crippen molar-refractivity contribution in [2.24, 2.45) is 0 Å². The van der Waals surface area contributed by atoms with E-state index in [0.717, 1.165) is 6.42 Å². The molecular weight excluding hydrogens is 107 g/mol. The van der Waals surface area contributed by atoms with E-state index in [4.69, 9.17) is 0 Å². The fourth-order valence-electron chi connectivity index (χ4n) is 0.393. The van der Waals surface area contributed by atoms with E-state index >= 15 is 0 Å². The highest BCUT2D eigenvalue weighted by Gasteiger charge is 1.72. The van der Waals surface area contributed by atoms with Crippen LogP contribution in [0.2, 0.25) is 0 Å². The van der Waals surface area contributed by atoms with Crippen LogP contribution in [0.1, 0.15) is 27.7 Å². The molecule has 0 spiro atoms. The second kappa shape index (κ2) is 15.6. The van der Waals surface area contributed by atoms with Gasteiger partial charge in [-0.1, -0.05) is 45.6 Å². The van der Waals surface area contributed by atoms with E-state index in [1.807, 2.05) is 13.8 Å². The number of rotatable bonds is 0. The molecule has 51 valence electrons. The minimum Gasteiger partial charge on any atom is -0.0808 e. The van der Waals surface area contributed by atoms with Gasteiger partial charge in [0.05, 0.1) is 0 Å². The lowest BCUT2D eigenvalue weighted by Crippen LogP contribution is -1.37.